The van der Waals surface area contributed by atoms with Crippen LogP contribution < -0.4 is 14.8 Å². The first kappa shape index (κ1) is 14.1. The Hall–Kier alpha value is -1.27. The minimum absolute atomic E-state index is 0.100. The average molecular weight is 285 g/mol. The molecule has 5 nitrogen and oxygen atoms in total. The molecule has 19 heavy (non-hydrogen) atoms. The van der Waals surface area contributed by atoms with Gasteiger partial charge in [0.05, 0.1) is 5.75 Å². The predicted octanol–water partition coefficient (Wildman–Crippen LogP) is 0.849. The Morgan fingerprint density at radius 2 is 2.05 bits per heavy atom. The summed E-state index contributed by atoms with van der Waals surface area (Å²) in [5.41, 5.74) is 0. The van der Waals surface area contributed by atoms with E-state index in [4.69, 9.17) is 9.47 Å². The Labute approximate surface area is 113 Å². The molecule has 0 bridgehead atoms. The summed E-state index contributed by atoms with van der Waals surface area (Å²) in [5.74, 6) is 1.61. The molecule has 2 atom stereocenters. The molecule has 1 aromatic carbocycles. The predicted molar refractivity (Wildman–Crippen MR) is 73.5 cm³/mol. The fraction of sp³-hybridized carbons (Fsp3) is 0.538. The summed E-state index contributed by atoms with van der Waals surface area (Å²) >= 11 is 0. The van der Waals surface area contributed by atoms with Gasteiger partial charge in [-0.3, -0.25) is 0 Å². The molecule has 6 heteroatoms. The van der Waals surface area contributed by atoms with E-state index in [2.05, 4.69) is 5.32 Å². The van der Waals surface area contributed by atoms with E-state index < -0.39 is 9.84 Å². The molecule has 106 valence electrons. The zero-order valence-electron chi connectivity index (χ0n) is 11.1. The molecule has 2 unspecified atom stereocenters. The molecule has 0 fully saturated rings. The number of sulfone groups is 1. The molecule has 1 N–H and O–H groups in total. The van der Waals surface area contributed by atoms with Crippen LogP contribution in [0.2, 0.25) is 0 Å². The summed E-state index contributed by atoms with van der Waals surface area (Å²) in [5, 5.41) is 3.16. The number of rotatable bonds is 5. The number of hydrogen-bond acceptors (Lipinski definition) is 5. The van der Waals surface area contributed by atoms with Crippen molar-refractivity contribution in [3.8, 4) is 11.5 Å². The summed E-state index contributed by atoms with van der Waals surface area (Å²) in [6.45, 7) is 2.87. The fourth-order valence-corrected chi connectivity index (χ4v) is 3.04. The molecule has 1 aliphatic heterocycles. The van der Waals surface area contributed by atoms with Crippen LogP contribution in [0.5, 0.6) is 11.5 Å². The smallest absolute Gasteiger partial charge is 0.161 e. The van der Waals surface area contributed by atoms with Crippen molar-refractivity contribution in [2.75, 3.05) is 25.2 Å². The van der Waals surface area contributed by atoms with Crippen LogP contribution in [0.1, 0.15) is 6.92 Å². The minimum atomic E-state index is -2.96. The van der Waals surface area contributed by atoms with Crippen molar-refractivity contribution in [3.63, 3.8) is 0 Å². The molecule has 2 rings (SSSR count). The van der Waals surface area contributed by atoms with Crippen LogP contribution in [0.4, 0.5) is 0 Å². The van der Waals surface area contributed by atoms with E-state index in [9.17, 15) is 8.42 Å². The summed E-state index contributed by atoms with van der Waals surface area (Å²) in [6, 6.07) is 7.42. The molecule has 1 aromatic rings. The van der Waals surface area contributed by atoms with Gasteiger partial charge in [-0.1, -0.05) is 12.1 Å². The van der Waals surface area contributed by atoms with E-state index >= 15 is 0 Å². The second kappa shape index (κ2) is 5.79. The third-order valence-corrected chi connectivity index (χ3v) is 3.92. The molecule has 0 amide bonds. The van der Waals surface area contributed by atoms with E-state index in [1.165, 1.54) is 6.26 Å². The maximum atomic E-state index is 11.2. The summed E-state index contributed by atoms with van der Waals surface area (Å²) in [4.78, 5) is 0. The third-order valence-electron chi connectivity index (χ3n) is 2.81. The molecular weight excluding hydrogens is 266 g/mol. The van der Waals surface area contributed by atoms with Crippen molar-refractivity contribution >= 4 is 9.84 Å². The number of ether oxygens (including phenoxy) is 2. The van der Waals surface area contributed by atoms with Crippen LogP contribution in [0.25, 0.3) is 0 Å². The molecule has 0 saturated heterocycles. The molecular formula is C13H19NO4S. The van der Waals surface area contributed by atoms with Gasteiger partial charge in [0.1, 0.15) is 22.5 Å². The van der Waals surface area contributed by atoms with Crippen molar-refractivity contribution in [2.45, 2.75) is 19.1 Å². The Morgan fingerprint density at radius 3 is 2.74 bits per heavy atom. The van der Waals surface area contributed by atoms with Gasteiger partial charge in [0.2, 0.25) is 0 Å². The highest BCUT2D eigenvalue weighted by atomic mass is 32.2. The molecule has 0 saturated carbocycles. The van der Waals surface area contributed by atoms with Crippen LogP contribution in [0.15, 0.2) is 24.3 Å². The summed E-state index contributed by atoms with van der Waals surface area (Å²) in [7, 11) is -2.96. The Kier molecular flexibility index (Phi) is 4.31. The molecule has 0 spiro atoms. The molecule has 0 radical (unpaired) electrons. The molecule has 0 aliphatic carbocycles. The zero-order valence-corrected chi connectivity index (χ0v) is 11.9. The fourth-order valence-electron chi connectivity index (χ4n) is 2.01. The first-order valence-corrected chi connectivity index (χ1v) is 8.30. The van der Waals surface area contributed by atoms with Gasteiger partial charge in [-0.2, -0.15) is 0 Å². The summed E-state index contributed by atoms with van der Waals surface area (Å²) in [6.07, 6.45) is 1.14. The maximum absolute atomic E-state index is 11.2. The number of para-hydroxylation sites is 2. The second-order valence-corrected chi connectivity index (χ2v) is 7.08. The van der Waals surface area contributed by atoms with Gasteiger partial charge in [0, 0.05) is 18.8 Å². The lowest BCUT2D eigenvalue weighted by atomic mass is 10.2. The molecule has 0 aromatic heterocycles. The van der Waals surface area contributed by atoms with E-state index in [1.807, 2.05) is 31.2 Å². The molecule has 1 heterocycles. The first-order valence-electron chi connectivity index (χ1n) is 6.23. The largest absolute Gasteiger partial charge is 0.486 e. The van der Waals surface area contributed by atoms with E-state index in [0.29, 0.717) is 13.2 Å². The maximum Gasteiger partial charge on any atom is 0.161 e. The second-order valence-electron chi connectivity index (χ2n) is 4.90. The minimum Gasteiger partial charge on any atom is -0.486 e. The number of nitrogens with one attached hydrogen (secondary N) is 1. The number of fused-ring (bicyclic) bond motifs is 1. The highest BCUT2D eigenvalue weighted by Crippen LogP contribution is 2.30. The number of hydrogen-bond donors (Lipinski definition) is 1. The van der Waals surface area contributed by atoms with Gasteiger partial charge in [-0.05, 0) is 19.1 Å². The average Bonchev–Trinajstić information content (AvgIpc) is 2.34. The zero-order chi connectivity index (χ0) is 13.9. The topological polar surface area (TPSA) is 64.6 Å². The highest BCUT2D eigenvalue weighted by molar-refractivity contribution is 7.90. The normalized spacial score (nSPS) is 20.0. The van der Waals surface area contributed by atoms with Crippen LogP contribution in [0, 0.1) is 0 Å². The lowest BCUT2D eigenvalue weighted by Gasteiger charge is -2.27. The van der Waals surface area contributed by atoms with E-state index in [0.717, 1.165) is 11.5 Å². The van der Waals surface area contributed by atoms with Crippen molar-refractivity contribution in [1.82, 2.24) is 5.32 Å². The van der Waals surface area contributed by atoms with Gasteiger partial charge < -0.3 is 14.8 Å². The Bertz CT molecular complexity index is 529. The lowest BCUT2D eigenvalue weighted by Crippen LogP contribution is -2.43. The highest BCUT2D eigenvalue weighted by Gasteiger charge is 2.21. The van der Waals surface area contributed by atoms with Crippen LogP contribution in [0.3, 0.4) is 0 Å². The van der Waals surface area contributed by atoms with Crippen molar-refractivity contribution in [1.29, 1.82) is 0 Å². The van der Waals surface area contributed by atoms with Gasteiger partial charge in [-0.15, -0.1) is 0 Å². The van der Waals surface area contributed by atoms with Crippen LogP contribution in [-0.4, -0.2) is 45.7 Å². The Morgan fingerprint density at radius 1 is 1.37 bits per heavy atom. The van der Waals surface area contributed by atoms with Gasteiger partial charge in [-0.25, -0.2) is 8.42 Å². The van der Waals surface area contributed by atoms with Gasteiger partial charge in [0.15, 0.2) is 11.5 Å². The van der Waals surface area contributed by atoms with Crippen molar-refractivity contribution < 1.29 is 17.9 Å². The third kappa shape index (κ3) is 4.40. The van der Waals surface area contributed by atoms with E-state index in [1.54, 1.807) is 0 Å². The van der Waals surface area contributed by atoms with Crippen LogP contribution >= 0.6 is 0 Å². The van der Waals surface area contributed by atoms with Gasteiger partial charge >= 0.3 is 0 Å². The number of benzene rings is 1. The van der Waals surface area contributed by atoms with Gasteiger partial charge in [0.25, 0.3) is 0 Å². The van der Waals surface area contributed by atoms with E-state index in [-0.39, 0.29) is 17.9 Å². The standard InChI is InChI=1S/C13H19NO4S/c1-10(9-19(2,15)16)14-7-11-8-17-12-5-3-4-6-13(12)18-11/h3-6,10-11,14H,7-9H2,1-2H3. The summed E-state index contributed by atoms with van der Waals surface area (Å²) < 4.78 is 33.7. The lowest BCUT2D eigenvalue weighted by molar-refractivity contribution is 0.0891. The Balaban J connectivity index is 1.83. The van der Waals surface area contributed by atoms with Crippen molar-refractivity contribution in [3.05, 3.63) is 24.3 Å². The quantitative estimate of drug-likeness (QED) is 0.869. The van der Waals surface area contributed by atoms with Crippen molar-refractivity contribution in [2.24, 2.45) is 0 Å². The first-order chi connectivity index (χ1) is 8.94. The SMILES string of the molecule is CC(CS(C)(=O)=O)NCC1COc2ccccc2O1. The molecule has 1 aliphatic rings. The monoisotopic (exact) mass is 285 g/mol. The van der Waals surface area contributed by atoms with Crippen LogP contribution in [-0.2, 0) is 9.84 Å².